The van der Waals surface area contributed by atoms with Crippen LogP contribution in [-0.4, -0.2) is 12.6 Å². The van der Waals surface area contributed by atoms with Gasteiger partial charge in [0.2, 0.25) is 0 Å². The van der Waals surface area contributed by atoms with E-state index in [9.17, 15) is 0 Å². The third kappa shape index (κ3) is 7.57. The fourth-order valence-corrected chi connectivity index (χ4v) is 6.38. The van der Waals surface area contributed by atoms with Gasteiger partial charge in [0.1, 0.15) is 0 Å². The Morgan fingerprint density at radius 1 is 0.833 bits per heavy atom. The number of rotatable bonds is 6. The van der Waals surface area contributed by atoms with Crippen LogP contribution in [0.15, 0.2) is 109 Å². The maximum atomic E-state index is 5.99. The topological polar surface area (TPSA) is 9.23 Å². The third-order valence-corrected chi connectivity index (χ3v) is 7.84. The molecule has 0 aliphatic carbocycles. The second kappa shape index (κ2) is 13.6. The average molecular weight is 489 g/mol. The molecule has 0 fully saturated rings. The maximum Gasteiger partial charge on any atom is 0.0480 e. The third-order valence-electron chi connectivity index (χ3n) is 4.03. The predicted octanol–water partition coefficient (Wildman–Crippen LogP) is 5.53. The summed E-state index contributed by atoms with van der Waals surface area (Å²) in [6.45, 7) is 14.8. The Labute approximate surface area is 207 Å². The Balaban J connectivity index is 0.000000827. The van der Waals surface area contributed by atoms with Crippen molar-refractivity contribution < 1.29 is 37.4 Å². The quantitative estimate of drug-likeness (QED) is 0.327. The fraction of sp³-hybridized carbons (Fsp3) is 0.111. The molecule has 0 heterocycles. The zero-order chi connectivity index (χ0) is 21.1. The van der Waals surface area contributed by atoms with Crippen molar-refractivity contribution in [2.24, 2.45) is 0 Å². The van der Waals surface area contributed by atoms with E-state index in [1.54, 1.807) is 0 Å². The Hall–Kier alpha value is -1.63. The van der Waals surface area contributed by atoms with Gasteiger partial charge in [0.15, 0.2) is 0 Å². The Morgan fingerprint density at radius 2 is 1.13 bits per heavy atom. The SMILES string of the molecule is C=C([CH2-])C.[CH-]=C(C)COC=P(c1ccccc1)(c1ccccc1)c1ccccc1.[Y]. The Kier molecular flexibility index (Phi) is 12.0. The summed E-state index contributed by atoms with van der Waals surface area (Å²) in [7, 11) is 0. The number of benzene rings is 3. The van der Waals surface area contributed by atoms with Gasteiger partial charge >= 0.3 is 0 Å². The number of hydrogen-bond donors (Lipinski definition) is 0. The van der Waals surface area contributed by atoms with Gasteiger partial charge in [-0.2, -0.15) is 0 Å². The summed E-state index contributed by atoms with van der Waals surface area (Å²) in [5.41, 5.74) is 1.68. The van der Waals surface area contributed by atoms with E-state index in [2.05, 4.69) is 86.3 Å². The van der Waals surface area contributed by atoms with E-state index in [0.717, 1.165) is 11.1 Å². The normalized spacial score (nSPS) is 10.1. The second-order valence-electron chi connectivity index (χ2n) is 6.95. The molecule has 30 heavy (non-hydrogen) atoms. The molecule has 1 nitrogen and oxygen atoms in total. The number of allylic oxidation sites excluding steroid dienone is 1. The van der Waals surface area contributed by atoms with E-state index in [0.29, 0.717) is 6.61 Å². The molecule has 0 spiro atoms. The molecule has 3 rings (SSSR count). The monoisotopic (exact) mass is 489 g/mol. The molecule has 0 aliphatic heterocycles. The zero-order valence-electron chi connectivity index (χ0n) is 17.9. The smallest absolute Gasteiger partial charge is 0.0480 e. The zero-order valence-corrected chi connectivity index (χ0v) is 21.6. The van der Waals surface area contributed by atoms with Crippen LogP contribution in [0.1, 0.15) is 13.8 Å². The minimum absolute atomic E-state index is 0. The summed E-state index contributed by atoms with van der Waals surface area (Å²) in [4.78, 5) is 0. The van der Waals surface area contributed by atoms with Gasteiger partial charge in [-0.3, -0.25) is 0 Å². The van der Waals surface area contributed by atoms with Crippen molar-refractivity contribution in [3.8, 4) is 0 Å². The van der Waals surface area contributed by atoms with Gasteiger partial charge in [-0.15, -0.1) is 0 Å². The van der Waals surface area contributed by atoms with E-state index in [1.165, 1.54) is 15.9 Å². The van der Waals surface area contributed by atoms with Crippen LogP contribution in [0.25, 0.3) is 0 Å². The molecular formula is C27H29OPY-2. The van der Waals surface area contributed by atoms with Gasteiger partial charge in [0.05, 0.1) is 0 Å². The fourth-order valence-electron chi connectivity index (χ4n) is 2.90. The molecule has 0 saturated heterocycles. The van der Waals surface area contributed by atoms with Crippen LogP contribution in [-0.2, 0) is 37.4 Å². The van der Waals surface area contributed by atoms with E-state index in [1.807, 2.05) is 38.0 Å². The van der Waals surface area contributed by atoms with Crippen LogP contribution in [0.4, 0.5) is 0 Å². The largest absolute Gasteiger partial charge is 0.512 e. The van der Waals surface area contributed by atoms with Gasteiger partial charge in [0, 0.05) is 45.3 Å². The molecule has 0 N–H and O–H groups in total. The Bertz CT molecular complexity index is 856. The summed E-state index contributed by atoms with van der Waals surface area (Å²) < 4.78 is 5.99. The van der Waals surface area contributed by atoms with Crippen molar-refractivity contribution in [3.63, 3.8) is 0 Å². The first-order valence-electron chi connectivity index (χ1n) is 9.53. The summed E-state index contributed by atoms with van der Waals surface area (Å²) in [6, 6.07) is 31.8. The first kappa shape index (κ1) is 26.4. The van der Waals surface area contributed by atoms with Gasteiger partial charge in [-0.25, -0.2) is 24.6 Å². The van der Waals surface area contributed by atoms with E-state index < -0.39 is 6.89 Å². The molecule has 0 bridgehead atoms. The summed E-state index contributed by atoms with van der Waals surface area (Å²) in [6.07, 6.45) is 0. The first-order valence-corrected chi connectivity index (χ1v) is 11.4. The van der Waals surface area contributed by atoms with Crippen LogP contribution < -0.4 is 15.9 Å². The molecule has 0 atom stereocenters. The first-order chi connectivity index (χ1) is 14.0. The van der Waals surface area contributed by atoms with Crippen LogP contribution >= 0.6 is 6.89 Å². The molecule has 3 aromatic carbocycles. The van der Waals surface area contributed by atoms with E-state index in [-0.39, 0.29) is 32.7 Å². The number of hydrogen-bond acceptors (Lipinski definition) is 1. The molecule has 3 heteroatoms. The minimum atomic E-state index is -2.03. The minimum Gasteiger partial charge on any atom is -0.512 e. The van der Waals surface area contributed by atoms with Crippen molar-refractivity contribution in [1.29, 1.82) is 0 Å². The van der Waals surface area contributed by atoms with Crippen LogP contribution in [0.3, 0.4) is 0 Å². The molecule has 3 aromatic rings. The van der Waals surface area contributed by atoms with Crippen LogP contribution in [0.5, 0.6) is 0 Å². The standard InChI is InChI=1S/C23H22OP.C4H7.Y/c1-20(2)18-24-19-25(21-12-6-3-7-13-21,22-14-8-4-9-15-22)23-16-10-5-11-17-23;1-4(2)3;/h1,3-17,19H,18H2,2H3;1-2H2,3H3;/q2*-1;. The molecule has 153 valence electrons. The van der Waals surface area contributed by atoms with Crippen LogP contribution in [0, 0.1) is 13.5 Å². The molecule has 0 amide bonds. The van der Waals surface area contributed by atoms with E-state index >= 15 is 0 Å². The maximum absolute atomic E-state index is 5.99. The van der Waals surface area contributed by atoms with Gasteiger partial charge < -0.3 is 11.3 Å². The van der Waals surface area contributed by atoms with Gasteiger partial charge in [-0.1, -0.05) is 105 Å². The molecular weight excluding hydrogens is 460 g/mol. The summed E-state index contributed by atoms with van der Waals surface area (Å²) in [5, 5.41) is 3.80. The van der Waals surface area contributed by atoms with Gasteiger partial charge in [-0.05, 0) is 22.8 Å². The van der Waals surface area contributed by atoms with Crippen molar-refractivity contribution >= 4 is 28.8 Å². The Morgan fingerprint density at radius 3 is 1.40 bits per heavy atom. The van der Waals surface area contributed by atoms with Crippen LogP contribution in [0.2, 0.25) is 0 Å². The average Bonchev–Trinajstić information content (AvgIpc) is 2.73. The van der Waals surface area contributed by atoms with Crippen molar-refractivity contribution in [3.05, 3.63) is 122 Å². The molecule has 1 radical (unpaired) electrons. The van der Waals surface area contributed by atoms with Gasteiger partial charge in [0.25, 0.3) is 0 Å². The predicted molar refractivity (Wildman–Crippen MR) is 131 cm³/mol. The van der Waals surface area contributed by atoms with Crippen molar-refractivity contribution in [2.45, 2.75) is 13.8 Å². The number of ether oxygens (including phenoxy) is 1. The summed E-state index contributed by atoms with van der Waals surface area (Å²) >= 11 is 0. The summed E-state index contributed by atoms with van der Waals surface area (Å²) in [5.74, 6) is 2.03. The molecule has 0 aliphatic rings. The molecule has 0 aromatic heterocycles. The van der Waals surface area contributed by atoms with Crippen molar-refractivity contribution in [2.75, 3.05) is 6.61 Å². The molecule has 0 unspecified atom stereocenters. The molecule has 0 saturated carbocycles. The van der Waals surface area contributed by atoms with E-state index in [4.69, 9.17) is 11.3 Å². The van der Waals surface area contributed by atoms with Crippen molar-refractivity contribution in [1.82, 2.24) is 0 Å². The second-order valence-corrected chi connectivity index (χ2v) is 10.2.